The second-order valence-electron chi connectivity index (χ2n) is 8.31. The highest BCUT2D eigenvalue weighted by Crippen LogP contribution is 2.31. The molecule has 0 aliphatic heterocycles. The van der Waals surface area contributed by atoms with E-state index in [1.807, 2.05) is 44.2 Å². The molecule has 5 nitrogen and oxygen atoms in total. The van der Waals surface area contributed by atoms with Crippen molar-refractivity contribution in [3.05, 3.63) is 95.6 Å². The number of hydrogen-bond donors (Lipinski definition) is 0. The Bertz CT molecular complexity index is 1260. The quantitative estimate of drug-likeness (QED) is 0.343. The van der Waals surface area contributed by atoms with Crippen LogP contribution >= 0.6 is 0 Å². The first-order valence-corrected chi connectivity index (χ1v) is 12.4. The fourth-order valence-corrected chi connectivity index (χ4v) is 4.46. The molecule has 0 saturated heterocycles. The van der Waals surface area contributed by atoms with E-state index in [0.29, 0.717) is 24.5 Å². The Kier molecular flexibility index (Phi) is 8.22. The Morgan fingerprint density at radius 1 is 0.914 bits per heavy atom. The lowest BCUT2D eigenvalue weighted by Crippen LogP contribution is -2.36. The lowest BCUT2D eigenvalue weighted by Gasteiger charge is -2.27. The lowest BCUT2D eigenvalue weighted by atomic mass is 10.1. The summed E-state index contributed by atoms with van der Waals surface area (Å²) in [7, 11) is -4.49. The zero-order chi connectivity index (χ0) is 25.6. The van der Waals surface area contributed by atoms with Crippen LogP contribution in [0.2, 0.25) is 0 Å². The van der Waals surface area contributed by atoms with Crippen LogP contribution in [-0.2, 0) is 34.1 Å². The third-order valence-corrected chi connectivity index (χ3v) is 6.56. The number of halogens is 3. The first-order valence-electron chi connectivity index (χ1n) is 11.0. The average Bonchev–Trinajstić information content (AvgIpc) is 2.81. The average molecular weight is 506 g/mol. The molecule has 0 aliphatic carbocycles. The van der Waals surface area contributed by atoms with Gasteiger partial charge in [0, 0.05) is 19.0 Å². The molecule has 0 saturated carbocycles. The fourth-order valence-electron chi connectivity index (χ4n) is 3.49. The number of carbonyl (C=O) groups excluding carboxylic acids is 1. The molecule has 186 valence electrons. The van der Waals surface area contributed by atoms with Gasteiger partial charge in [-0.1, -0.05) is 48.5 Å². The Morgan fingerprint density at radius 2 is 1.57 bits per heavy atom. The lowest BCUT2D eigenvalue weighted by molar-refractivity contribution is -0.137. The molecule has 0 bridgehead atoms. The van der Waals surface area contributed by atoms with Gasteiger partial charge in [-0.25, -0.2) is 0 Å². The topological polar surface area (TPSA) is 63.7 Å². The second-order valence-corrected chi connectivity index (χ2v) is 9.86. The monoisotopic (exact) mass is 505 g/mol. The Morgan fingerprint density at radius 3 is 2.23 bits per heavy atom. The Hall–Kier alpha value is -3.33. The molecule has 0 fully saturated rings. The standard InChI is InChI=1S/C26H26F3NO4S/c1-19(2)30(25(31)15-14-20-8-4-3-5-9-20)18-21-10-6-12-23(16-21)34-35(32,33)24-13-7-11-22(17-24)26(27,28)29/h3-13,16-17,19H,14-15,18H2,1-2H3. The molecule has 0 spiro atoms. The van der Waals surface area contributed by atoms with Crippen LogP contribution in [0.15, 0.2) is 83.8 Å². The summed E-state index contributed by atoms with van der Waals surface area (Å²) in [5.41, 5.74) is 0.598. The maximum absolute atomic E-state index is 13.0. The number of rotatable bonds is 9. The van der Waals surface area contributed by atoms with Crippen LogP contribution in [0, 0.1) is 0 Å². The minimum absolute atomic E-state index is 0.0493. The van der Waals surface area contributed by atoms with E-state index in [1.54, 1.807) is 17.0 Å². The smallest absolute Gasteiger partial charge is 0.379 e. The Balaban J connectivity index is 1.73. The highest BCUT2D eigenvalue weighted by atomic mass is 32.2. The molecule has 0 aromatic heterocycles. The number of hydrogen-bond acceptors (Lipinski definition) is 4. The number of nitrogens with zero attached hydrogens (tertiary/aromatic N) is 1. The van der Waals surface area contributed by atoms with Crippen molar-refractivity contribution in [3.63, 3.8) is 0 Å². The largest absolute Gasteiger partial charge is 0.416 e. The van der Waals surface area contributed by atoms with Crippen molar-refractivity contribution in [1.29, 1.82) is 0 Å². The van der Waals surface area contributed by atoms with Crippen molar-refractivity contribution in [2.45, 2.75) is 50.3 Å². The van der Waals surface area contributed by atoms with Crippen LogP contribution in [0.25, 0.3) is 0 Å². The first kappa shape index (κ1) is 26.3. The third kappa shape index (κ3) is 7.32. The van der Waals surface area contributed by atoms with Crippen molar-refractivity contribution in [3.8, 4) is 5.75 Å². The molecular weight excluding hydrogens is 479 g/mol. The molecule has 0 radical (unpaired) electrons. The Labute approximate surface area is 203 Å². The molecule has 0 N–H and O–H groups in total. The normalized spacial score (nSPS) is 11.9. The maximum Gasteiger partial charge on any atom is 0.416 e. The SMILES string of the molecule is CC(C)N(Cc1cccc(OS(=O)(=O)c2cccc(C(F)(F)F)c2)c1)C(=O)CCc1ccccc1. The molecule has 3 rings (SSSR count). The zero-order valence-electron chi connectivity index (χ0n) is 19.3. The van der Waals surface area contributed by atoms with Gasteiger partial charge in [-0.3, -0.25) is 4.79 Å². The summed E-state index contributed by atoms with van der Waals surface area (Å²) in [6, 6.07) is 19.1. The van der Waals surface area contributed by atoms with Gasteiger partial charge in [-0.15, -0.1) is 0 Å². The minimum Gasteiger partial charge on any atom is -0.379 e. The van der Waals surface area contributed by atoms with E-state index >= 15 is 0 Å². The van der Waals surface area contributed by atoms with Gasteiger partial charge in [-0.2, -0.15) is 21.6 Å². The molecule has 9 heteroatoms. The van der Waals surface area contributed by atoms with Crippen LogP contribution < -0.4 is 4.18 Å². The van der Waals surface area contributed by atoms with Gasteiger partial charge in [0.1, 0.15) is 10.6 Å². The minimum atomic E-state index is -4.68. The van der Waals surface area contributed by atoms with Gasteiger partial charge in [0.25, 0.3) is 0 Å². The van der Waals surface area contributed by atoms with E-state index in [-0.39, 0.29) is 24.2 Å². The summed E-state index contributed by atoms with van der Waals surface area (Å²) in [5, 5.41) is 0. The zero-order valence-corrected chi connectivity index (χ0v) is 20.1. The van der Waals surface area contributed by atoms with E-state index in [4.69, 9.17) is 4.18 Å². The summed E-state index contributed by atoms with van der Waals surface area (Å²) >= 11 is 0. The molecule has 35 heavy (non-hydrogen) atoms. The van der Waals surface area contributed by atoms with Crippen LogP contribution in [0.3, 0.4) is 0 Å². The number of alkyl halides is 3. The number of benzene rings is 3. The van der Waals surface area contributed by atoms with Gasteiger partial charge in [0.15, 0.2) is 0 Å². The van der Waals surface area contributed by atoms with Crippen molar-refractivity contribution < 1.29 is 30.6 Å². The number of amides is 1. The number of aryl methyl sites for hydroxylation is 1. The second kappa shape index (κ2) is 10.9. The van der Waals surface area contributed by atoms with Gasteiger partial charge in [0.05, 0.1) is 5.56 Å². The van der Waals surface area contributed by atoms with E-state index in [1.165, 1.54) is 12.1 Å². The molecule has 3 aromatic rings. The number of carbonyl (C=O) groups is 1. The summed E-state index contributed by atoms with van der Waals surface area (Å²) in [5.74, 6) is -0.105. The molecular formula is C26H26F3NO4S. The molecule has 1 amide bonds. The van der Waals surface area contributed by atoms with Crippen molar-refractivity contribution in [1.82, 2.24) is 4.90 Å². The van der Waals surface area contributed by atoms with Gasteiger partial charge in [-0.05, 0) is 61.7 Å². The first-order chi connectivity index (χ1) is 16.5. The summed E-state index contributed by atoms with van der Waals surface area (Å²) in [6.07, 6.45) is -3.76. The molecule has 3 aromatic carbocycles. The van der Waals surface area contributed by atoms with E-state index < -0.39 is 26.8 Å². The van der Waals surface area contributed by atoms with Crippen molar-refractivity contribution in [2.24, 2.45) is 0 Å². The van der Waals surface area contributed by atoms with Crippen LogP contribution in [0.5, 0.6) is 5.75 Å². The highest BCUT2D eigenvalue weighted by molar-refractivity contribution is 7.87. The van der Waals surface area contributed by atoms with E-state index in [9.17, 15) is 26.4 Å². The molecule has 0 unspecified atom stereocenters. The highest BCUT2D eigenvalue weighted by Gasteiger charge is 2.32. The van der Waals surface area contributed by atoms with Gasteiger partial charge >= 0.3 is 16.3 Å². The van der Waals surface area contributed by atoms with E-state index in [0.717, 1.165) is 23.8 Å². The van der Waals surface area contributed by atoms with Crippen LogP contribution in [0.1, 0.15) is 37.0 Å². The van der Waals surface area contributed by atoms with Crippen LogP contribution in [-0.4, -0.2) is 25.3 Å². The van der Waals surface area contributed by atoms with E-state index in [2.05, 4.69) is 0 Å². The van der Waals surface area contributed by atoms with Crippen LogP contribution in [0.4, 0.5) is 13.2 Å². The molecule has 0 aliphatic rings. The predicted molar refractivity (Wildman–Crippen MR) is 126 cm³/mol. The van der Waals surface area contributed by atoms with Gasteiger partial charge < -0.3 is 9.08 Å². The van der Waals surface area contributed by atoms with Crippen molar-refractivity contribution >= 4 is 16.0 Å². The predicted octanol–water partition coefficient (Wildman–Crippen LogP) is 5.84. The molecule has 0 heterocycles. The summed E-state index contributed by atoms with van der Waals surface area (Å²) < 4.78 is 69.2. The third-order valence-electron chi connectivity index (χ3n) is 5.32. The van der Waals surface area contributed by atoms with Gasteiger partial charge in [0.2, 0.25) is 5.91 Å². The summed E-state index contributed by atoms with van der Waals surface area (Å²) in [4.78, 5) is 14.0. The molecule has 0 atom stereocenters. The van der Waals surface area contributed by atoms with Crippen molar-refractivity contribution in [2.75, 3.05) is 0 Å². The fraction of sp³-hybridized carbons (Fsp3) is 0.269. The maximum atomic E-state index is 13.0. The summed E-state index contributed by atoms with van der Waals surface area (Å²) in [6.45, 7) is 4.00.